The second kappa shape index (κ2) is 6.90. The number of aromatic nitrogens is 2. The van der Waals surface area contributed by atoms with Crippen molar-refractivity contribution < 1.29 is 4.39 Å². The highest BCUT2D eigenvalue weighted by Crippen LogP contribution is 2.27. The van der Waals surface area contributed by atoms with Crippen LogP contribution >= 0.6 is 0 Å². The first kappa shape index (κ1) is 16.8. The number of piperazine rings is 1. The molecular weight excluding hydrogens is 327 g/mol. The van der Waals surface area contributed by atoms with Gasteiger partial charge < -0.3 is 9.80 Å². The Morgan fingerprint density at radius 2 is 1.50 bits per heavy atom. The minimum absolute atomic E-state index is 0.193. The monoisotopic (exact) mass is 350 g/mol. The first-order valence-electron chi connectivity index (χ1n) is 9.14. The van der Waals surface area contributed by atoms with E-state index >= 15 is 0 Å². The summed E-state index contributed by atoms with van der Waals surface area (Å²) in [4.78, 5) is 14.2. The van der Waals surface area contributed by atoms with Crippen LogP contribution in [0, 0.1) is 5.82 Å². The van der Waals surface area contributed by atoms with Crippen LogP contribution in [0.5, 0.6) is 0 Å². The van der Waals surface area contributed by atoms with E-state index in [1.807, 2.05) is 24.3 Å². The molecule has 1 saturated heterocycles. The summed E-state index contributed by atoms with van der Waals surface area (Å²) in [5, 5.41) is 1.10. The van der Waals surface area contributed by atoms with Crippen LogP contribution in [0.4, 0.5) is 15.9 Å². The molecule has 0 spiro atoms. The molecule has 3 aromatic rings. The molecular formula is C21H23FN4. The number of para-hydroxylation sites is 1. The van der Waals surface area contributed by atoms with Gasteiger partial charge in [-0.1, -0.05) is 26.0 Å². The lowest BCUT2D eigenvalue weighted by Crippen LogP contribution is -2.47. The molecule has 0 saturated carbocycles. The molecule has 0 aliphatic carbocycles. The molecule has 1 aliphatic heterocycles. The minimum Gasteiger partial charge on any atom is -0.368 e. The van der Waals surface area contributed by atoms with Crippen molar-refractivity contribution in [2.75, 3.05) is 36.0 Å². The van der Waals surface area contributed by atoms with Crippen molar-refractivity contribution in [2.24, 2.45) is 0 Å². The molecule has 1 fully saturated rings. The Labute approximate surface area is 153 Å². The number of nitrogens with zero attached hydrogens (tertiary/aromatic N) is 4. The molecule has 1 aliphatic rings. The number of hydrogen-bond acceptors (Lipinski definition) is 4. The van der Waals surface area contributed by atoms with E-state index < -0.39 is 0 Å². The van der Waals surface area contributed by atoms with E-state index in [0.29, 0.717) is 5.92 Å². The minimum atomic E-state index is -0.193. The number of fused-ring (bicyclic) bond motifs is 1. The highest BCUT2D eigenvalue weighted by Gasteiger charge is 2.21. The first-order valence-corrected chi connectivity index (χ1v) is 9.14. The Bertz CT molecular complexity index is 900. The van der Waals surface area contributed by atoms with Crippen molar-refractivity contribution >= 4 is 22.4 Å². The number of halogens is 1. The first-order chi connectivity index (χ1) is 12.6. The van der Waals surface area contributed by atoms with Crippen LogP contribution in [0.15, 0.2) is 48.5 Å². The second-order valence-corrected chi connectivity index (χ2v) is 7.03. The number of rotatable bonds is 3. The highest BCUT2D eigenvalue weighted by atomic mass is 19.1. The number of benzene rings is 2. The molecule has 0 bridgehead atoms. The van der Waals surface area contributed by atoms with Crippen molar-refractivity contribution in [2.45, 2.75) is 19.8 Å². The van der Waals surface area contributed by atoms with Crippen LogP contribution in [-0.2, 0) is 0 Å². The van der Waals surface area contributed by atoms with E-state index in [9.17, 15) is 4.39 Å². The fourth-order valence-electron chi connectivity index (χ4n) is 3.40. The van der Waals surface area contributed by atoms with Crippen LogP contribution in [0.2, 0.25) is 0 Å². The van der Waals surface area contributed by atoms with Crippen LogP contribution in [0.25, 0.3) is 10.9 Å². The summed E-state index contributed by atoms with van der Waals surface area (Å²) in [7, 11) is 0. The van der Waals surface area contributed by atoms with Crippen LogP contribution in [-0.4, -0.2) is 36.1 Å². The van der Waals surface area contributed by atoms with Gasteiger partial charge in [0.1, 0.15) is 17.5 Å². The lowest BCUT2D eigenvalue weighted by atomic mass is 10.1. The molecule has 0 radical (unpaired) electrons. The Morgan fingerprint density at radius 3 is 2.19 bits per heavy atom. The summed E-state index contributed by atoms with van der Waals surface area (Å²) in [5.74, 6) is 2.01. The van der Waals surface area contributed by atoms with E-state index in [2.05, 4.69) is 35.8 Å². The predicted octanol–water partition coefficient (Wildman–Crippen LogP) is 4.22. The third kappa shape index (κ3) is 3.21. The molecule has 134 valence electrons. The van der Waals surface area contributed by atoms with E-state index in [1.54, 1.807) is 0 Å². The van der Waals surface area contributed by atoms with E-state index in [-0.39, 0.29) is 5.82 Å². The normalized spacial score (nSPS) is 15.1. The summed E-state index contributed by atoms with van der Waals surface area (Å²) >= 11 is 0. The zero-order chi connectivity index (χ0) is 18.1. The summed E-state index contributed by atoms with van der Waals surface area (Å²) in [6, 6.07) is 15.0. The lowest BCUT2D eigenvalue weighted by molar-refractivity contribution is 0.624. The van der Waals surface area contributed by atoms with Crippen molar-refractivity contribution in [1.29, 1.82) is 0 Å². The molecule has 26 heavy (non-hydrogen) atoms. The van der Waals surface area contributed by atoms with E-state index in [1.165, 1.54) is 12.1 Å². The van der Waals surface area contributed by atoms with Gasteiger partial charge in [0.25, 0.3) is 0 Å². The molecule has 2 heterocycles. The number of anilines is 2. The zero-order valence-electron chi connectivity index (χ0n) is 15.2. The SMILES string of the molecule is CC(C)c1nc(N2CCN(c3ccc(F)cc3)CC2)c2ccccc2n1. The van der Waals surface area contributed by atoms with Gasteiger partial charge >= 0.3 is 0 Å². The molecule has 1 aromatic heterocycles. The standard InChI is InChI=1S/C21H23FN4/c1-15(2)20-23-19-6-4-3-5-18(19)21(24-20)26-13-11-25(12-14-26)17-9-7-16(22)8-10-17/h3-10,15H,11-14H2,1-2H3. The Kier molecular flexibility index (Phi) is 4.45. The van der Waals surface area contributed by atoms with Gasteiger partial charge in [-0.2, -0.15) is 0 Å². The summed E-state index contributed by atoms with van der Waals surface area (Å²) in [6.07, 6.45) is 0. The van der Waals surface area contributed by atoms with Crippen molar-refractivity contribution in [3.8, 4) is 0 Å². The van der Waals surface area contributed by atoms with E-state index in [4.69, 9.17) is 9.97 Å². The fourth-order valence-corrected chi connectivity index (χ4v) is 3.40. The Balaban J connectivity index is 1.60. The summed E-state index contributed by atoms with van der Waals surface area (Å²) in [6.45, 7) is 7.80. The number of hydrogen-bond donors (Lipinski definition) is 0. The zero-order valence-corrected chi connectivity index (χ0v) is 15.2. The molecule has 4 nitrogen and oxygen atoms in total. The predicted molar refractivity (Wildman–Crippen MR) is 104 cm³/mol. The maximum absolute atomic E-state index is 13.1. The van der Waals surface area contributed by atoms with Gasteiger partial charge in [-0.15, -0.1) is 0 Å². The van der Waals surface area contributed by atoms with Gasteiger partial charge in [-0.05, 0) is 36.4 Å². The maximum atomic E-state index is 13.1. The average Bonchev–Trinajstić information content (AvgIpc) is 2.68. The van der Waals surface area contributed by atoms with Crippen molar-refractivity contribution in [3.63, 3.8) is 0 Å². The van der Waals surface area contributed by atoms with E-state index in [0.717, 1.165) is 54.4 Å². The highest BCUT2D eigenvalue weighted by molar-refractivity contribution is 5.89. The van der Waals surface area contributed by atoms with Crippen LogP contribution < -0.4 is 9.80 Å². The average molecular weight is 350 g/mol. The van der Waals surface area contributed by atoms with Crippen molar-refractivity contribution in [1.82, 2.24) is 9.97 Å². The Hall–Kier alpha value is -2.69. The quantitative estimate of drug-likeness (QED) is 0.708. The molecule has 0 atom stereocenters. The molecule has 0 unspecified atom stereocenters. The van der Waals surface area contributed by atoms with Gasteiger partial charge in [0, 0.05) is 43.2 Å². The molecule has 0 N–H and O–H groups in total. The van der Waals surface area contributed by atoms with Crippen molar-refractivity contribution in [3.05, 3.63) is 60.2 Å². The second-order valence-electron chi connectivity index (χ2n) is 7.03. The topological polar surface area (TPSA) is 32.3 Å². The maximum Gasteiger partial charge on any atom is 0.140 e. The summed E-state index contributed by atoms with van der Waals surface area (Å²) < 4.78 is 13.1. The molecule has 0 amide bonds. The third-order valence-electron chi connectivity index (χ3n) is 4.89. The van der Waals surface area contributed by atoms with Crippen LogP contribution in [0.1, 0.15) is 25.6 Å². The van der Waals surface area contributed by atoms with Crippen LogP contribution in [0.3, 0.4) is 0 Å². The fraction of sp³-hybridized carbons (Fsp3) is 0.333. The van der Waals surface area contributed by atoms with Gasteiger partial charge in [0.15, 0.2) is 0 Å². The Morgan fingerprint density at radius 1 is 0.846 bits per heavy atom. The third-order valence-corrected chi connectivity index (χ3v) is 4.89. The summed E-state index contributed by atoms with van der Waals surface area (Å²) in [5.41, 5.74) is 2.07. The molecule has 4 rings (SSSR count). The molecule has 2 aromatic carbocycles. The lowest BCUT2D eigenvalue weighted by Gasteiger charge is -2.37. The van der Waals surface area contributed by atoms with Gasteiger partial charge in [-0.3, -0.25) is 0 Å². The smallest absolute Gasteiger partial charge is 0.140 e. The van der Waals surface area contributed by atoms with Gasteiger partial charge in [-0.25, -0.2) is 14.4 Å². The largest absolute Gasteiger partial charge is 0.368 e. The van der Waals surface area contributed by atoms with Gasteiger partial charge in [0.2, 0.25) is 0 Å². The van der Waals surface area contributed by atoms with Gasteiger partial charge in [0.05, 0.1) is 5.52 Å². The molecule has 5 heteroatoms.